The predicted octanol–water partition coefficient (Wildman–Crippen LogP) is 8.12. The molecule has 1 aliphatic rings. The van der Waals surface area contributed by atoms with E-state index in [0.29, 0.717) is 24.8 Å². The second kappa shape index (κ2) is 9.79. The van der Waals surface area contributed by atoms with Gasteiger partial charge in [0.05, 0.1) is 0 Å². The lowest BCUT2D eigenvalue weighted by molar-refractivity contribution is -0.276. The van der Waals surface area contributed by atoms with Gasteiger partial charge in [0.1, 0.15) is 11.3 Å². The van der Waals surface area contributed by atoms with Gasteiger partial charge in [0.15, 0.2) is 23.3 Å². The second-order valence-corrected chi connectivity index (χ2v) is 7.85. The molecule has 2 nitrogen and oxygen atoms in total. The summed E-state index contributed by atoms with van der Waals surface area (Å²) in [5.74, 6) is -10.6. The number of benzene rings is 2. The third-order valence-corrected chi connectivity index (χ3v) is 5.54. The van der Waals surface area contributed by atoms with Crippen LogP contribution in [0.3, 0.4) is 0 Å². The van der Waals surface area contributed by atoms with E-state index in [-0.39, 0.29) is 23.6 Å². The highest BCUT2D eigenvalue weighted by Crippen LogP contribution is 2.41. The fraction of sp³-hybridized carbons (Fsp3) is 0.391. The summed E-state index contributed by atoms with van der Waals surface area (Å²) >= 11 is 0. The van der Waals surface area contributed by atoms with E-state index in [9.17, 15) is 39.5 Å². The first kappa shape index (κ1) is 25.8. The number of hydrogen-bond acceptors (Lipinski definition) is 2. The molecule has 0 aromatic heterocycles. The summed E-state index contributed by atoms with van der Waals surface area (Å²) in [6, 6.07) is 1.63. The highest BCUT2D eigenvalue weighted by Gasteiger charge is 2.41. The third kappa shape index (κ3) is 5.79. The van der Waals surface area contributed by atoms with Crippen LogP contribution in [0.4, 0.5) is 39.5 Å². The Labute approximate surface area is 189 Å². The first-order valence-corrected chi connectivity index (χ1v) is 10.2. The maximum atomic E-state index is 14.7. The molecule has 0 spiro atoms. The molecular weight excluding hydrogens is 479 g/mol. The van der Waals surface area contributed by atoms with E-state index in [1.165, 1.54) is 0 Å². The lowest BCUT2D eigenvalue weighted by atomic mass is 9.78. The summed E-state index contributed by atoms with van der Waals surface area (Å²) in [4.78, 5) is 0. The van der Waals surface area contributed by atoms with Crippen LogP contribution in [0, 0.1) is 29.2 Å². The summed E-state index contributed by atoms with van der Waals surface area (Å²) < 4.78 is 130. The molecule has 0 aliphatic heterocycles. The molecule has 0 heterocycles. The van der Waals surface area contributed by atoms with Crippen molar-refractivity contribution in [2.45, 2.75) is 51.0 Å². The van der Waals surface area contributed by atoms with Gasteiger partial charge in [-0.1, -0.05) is 18.2 Å². The van der Waals surface area contributed by atoms with Gasteiger partial charge in [0.2, 0.25) is 5.75 Å². The molecular formula is C23H19F9O2. The number of alkyl halides is 5. The monoisotopic (exact) mass is 498 g/mol. The van der Waals surface area contributed by atoms with Crippen LogP contribution in [0.25, 0.3) is 0 Å². The zero-order chi connectivity index (χ0) is 25.3. The maximum Gasteiger partial charge on any atom is 0.573 e. The van der Waals surface area contributed by atoms with Crippen molar-refractivity contribution in [3.8, 4) is 11.5 Å². The van der Waals surface area contributed by atoms with E-state index < -0.39 is 52.8 Å². The minimum Gasteiger partial charge on any atom is -0.429 e. The molecule has 1 saturated carbocycles. The van der Waals surface area contributed by atoms with Crippen molar-refractivity contribution >= 4 is 0 Å². The highest BCUT2D eigenvalue weighted by atomic mass is 19.4. The molecule has 0 saturated heterocycles. The van der Waals surface area contributed by atoms with Crippen LogP contribution in [-0.4, -0.2) is 6.36 Å². The number of allylic oxidation sites excluding steroid dienone is 2. The van der Waals surface area contributed by atoms with Gasteiger partial charge in [0, 0.05) is 12.1 Å². The zero-order valence-electron chi connectivity index (χ0n) is 17.7. The molecule has 0 N–H and O–H groups in total. The van der Waals surface area contributed by atoms with E-state index in [2.05, 4.69) is 9.47 Å². The van der Waals surface area contributed by atoms with Crippen molar-refractivity contribution in [1.29, 1.82) is 0 Å². The van der Waals surface area contributed by atoms with E-state index in [1.807, 2.05) is 19.1 Å². The van der Waals surface area contributed by atoms with E-state index >= 15 is 0 Å². The SMILES string of the molecule is CC=CC1CCC(c2ccc(C(F)(F)Oc3cc(F)c(OC(F)(F)F)c(F)c3)c(F)c2F)CC1. The number of halogens is 9. The van der Waals surface area contributed by atoms with Crippen LogP contribution in [0.5, 0.6) is 11.5 Å². The molecule has 0 amide bonds. The molecule has 186 valence electrons. The van der Waals surface area contributed by atoms with Gasteiger partial charge in [-0.15, -0.1) is 13.2 Å². The van der Waals surface area contributed by atoms with Gasteiger partial charge in [0.25, 0.3) is 0 Å². The zero-order valence-corrected chi connectivity index (χ0v) is 17.7. The molecule has 1 aliphatic carbocycles. The quantitative estimate of drug-likeness (QED) is 0.296. The Morgan fingerprint density at radius 1 is 0.824 bits per heavy atom. The molecule has 3 rings (SSSR count). The Morgan fingerprint density at radius 2 is 1.41 bits per heavy atom. The van der Waals surface area contributed by atoms with Gasteiger partial charge >= 0.3 is 12.5 Å². The minimum atomic E-state index is -5.44. The Balaban J connectivity index is 1.82. The normalized spacial score (nSPS) is 19.5. The molecule has 2 aromatic rings. The summed E-state index contributed by atoms with van der Waals surface area (Å²) in [5.41, 5.74) is -1.60. The fourth-order valence-corrected chi connectivity index (χ4v) is 4.01. The molecule has 11 heteroatoms. The average Bonchev–Trinajstić information content (AvgIpc) is 2.72. The van der Waals surface area contributed by atoms with E-state index in [0.717, 1.165) is 18.9 Å². The molecule has 1 fully saturated rings. The molecule has 34 heavy (non-hydrogen) atoms. The van der Waals surface area contributed by atoms with Gasteiger partial charge < -0.3 is 9.47 Å². The smallest absolute Gasteiger partial charge is 0.429 e. The number of hydrogen-bond donors (Lipinski definition) is 0. The van der Waals surface area contributed by atoms with Crippen molar-refractivity contribution in [3.63, 3.8) is 0 Å². The topological polar surface area (TPSA) is 18.5 Å². The molecule has 0 atom stereocenters. The van der Waals surface area contributed by atoms with Gasteiger partial charge in [-0.25, -0.2) is 17.6 Å². The Bertz CT molecular complexity index is 1030. The van der Waals surface area contributed by atoms with Crippen LogP contribution >= 0.6 is 0 Å². The fourth-order valence-electron chi connectivity index (χ4n) is 4.01. The van der Waals surface area contributed by atoms with E-state index in [4.69, 9.17) is 0 Å². The van der Waals surface area contributed by atoms with Gasteiger partial charge in [-0.05, 0) is 56.1 Å². The third-order valence-electron chi connectivity index (χ3n) is 5.54. The minimum absolute atomic E-state index is 0.00386. The van der Waals surface area contributed by atoms with Crippen LogP contribution in [0.1, 0.15) is 49.7 Å². The second-order valence-electron chi connectivity index (χ2n) is 7.85. The largest absolute Gasteiger partial charge is 0.573 e. The van der Waals surface area contributed by atoms with Gasteiger partial charge in [-0.3, -0.25) is 0 Å². The van der Waals surface area contributed by atoms with E-state index in [1.54, 1.807) is 0 Å². The van der Waals surface area contributed by atoms with Crippen molar-refractivity contribution in [2.75, 3.05) is 0 Å². The molecule has 0 bridgehead atoms. The number of ether oxygens (including phenoxy) is 2. The molecule has 0 radical (unpaired) electrons. The van der Waals surface area contributed by atoms with Crippen LogP contribution in [0.2, 0.25) is 0 Å². The van der Waals surface area contributed by atoms with Crippen molar-refractivity contribution in [3.05, 3.63) is 70.8 Å². The van der Waals surface area contributed by atoms with Crippen molar-refractivity contribution in [1.82, 2.24) is 0 Å². The summed E-state index contributed by atoms with van der Waals surface area (Å²) in [7, 11) is 0. The average molecular weight is 498 g/mol. The summed E-state index contributed by atoms with van der Waals surface area (Å²) in [5, 5.41) is 0. The van der Waals surface area contributed by atoms with Gasteiger partial charge in [-0.2, -0.15) is 8.78 Å². The lowest BCUT2D eigenvalue weighted by Crippen LogP contribution is -2.25. The Morgan fingerprint density at radius 3 is 1.94 bits per heavy atom. The maximum absolute atomic E-state index is 14.7. The van der Waals surface area contributed by atoms with Crippen molar-refractivity contribution < 1.29 is 49.0 Å². The van der Waals surface area contributed by atoms with Crippen LogP contribution in [0.15, 0.2) is 36.4 Å². The van der Waals surface area contributed by atoms with Crippen molar-refractivity contribution in [2.24, 2.45) is 5.92 Å². The predicted molar refractivity (Wildman–Crippen MR) is 103 cm³/mol. The highest BCUT2D eigenvalue weighted by molar-refractivity contribution is 5.37. The number of rotatable bonds is 6. The summed E-state index contributed by atoms with van der Waals surface area (Å²) in [6.45, 7) is 1.87. The molecule has 2 aromatic carbocycles. The Hall–Kier alpha value is -2.85. The first-order chi connectivity index (χ1) is 15.8. The van der Waals surface area contributed by atoms with Crippen LogP contribution < -0.4 is 9.47 Å². The first-order valence-electron chi connectivity index (χ1n) is 10.2. The standard InChI is InChI=1S/C23H19F9O2/c1-2-3-12-4-6-13(7-5-12)15-8-9-16(20(27)19(15)26)22(28,29)33-14-10-17(24)21(18(25)11-14)34-23(30,31)32/h2-3,8-13H,4-7H2,1H3. The van der Waals surface area contributed by atoms with Crippen LogP contribution in [-0.2, 0) is 6.11 Å². The Kier molecular flexibility index (Phi) is 7.42. The molecule has 0 unspecified atom stereocenters. The lowest BCUT2D eigenvalue weighted by Gasteiger charge is -2.28. The summed E-state index contributed by atoms with van der Waals surface area (Å²) in [6.07, 6.45) is -3.62.